The van der Waals surface area contributed by atoms with Gasteiger partial charge >= 0.3 is 0 Å². The number of nitrogens with one attached hydrogen (secondary N) is 2. The van der Waals surface area contributed by atoms with Gasteiger partial charge in [0, 0.05) is 20.1 Å². The zero-order chi connectivity index (χ0) is 14.5. The predicted molar refractivity (Wildman–Crippen MR) is 70.7 cm³/mol. The molecule has 4 nitrogen and oxygen atoms in total. The summed E-state index contributed by atoms with van der Waals surface area (Å²) in [5.74, 6) is -0.561. The molecule has 0 aromatic heterocycles. The summed E-state index contributed by atoms with van der Waals surface area (Å²) in [6, 6.07) is 6.21. The molecule has 1 aromatic carbocycles. The summed E-state index contributed by atoms with van der Waals surface area (Å²) in [6.45, 7) is 4.65. The van der Waals surface area contributed by atoms with Crippen molar-refractivity contribution in [3.8, 4) is 6.07 Å². The van der Waals surface area contributed by atoms with Crippen molar-refractivity contribution in [3.63, 3.8) is 0 Å². The third-order valence-electron chi connectivity index (χ3n) is 2.89. The molecule has 0 fully saturated rings. The molecular formula is C14H18FN3O. The van der Waals surface area contributed by atoms with Crippen molar-refractivity contribution < 1.29 is 9.18 Å². The highest BCUT2D eigenvalue weighted by Gasteiger charge is 2.25. The summed E-state index contributed by atoms with van der Waals surface area (Å²) in [6.07, 6.45) is 0. The van der Waals surface area contributed by atoms with E-state index in [2.05, 4.69) is 10.6 Å². The fourth-order valence-corrected chi connectivity index (χ4v) is 1.71. The van der Waals surface area contributed by atoms with Gasteiger partial charge in [-0.1, -0.05) is 6.07 Å². The topological polar surface area (TPSA) is 64.9 Å². The first-order valence-corrected chi connectivity index (χ1v) is 6.02. The lowest BCUT2D eigenvalue weighted by Crippen LogP contribution is -2.41. The molecule has 0 aliphatic rings. The maximum atomic E-state index is 13.1. The number of carbonyl (C=O) groups excluding carboxylic acids is 1. The molecule has 2 N–H and O–H groups in total. The Hall–Kier alpha value is -1.93. The molecule has 0 heterocycles. The van der Waals surface area contributed by atoms with E-state index in [4.69, 9.17) is 5.26 Å². The van der Waals surface area contributed by atoms with E-state index in [0.29, 0.717) is 13.1 Å². The Bertz CT molecular complexity index is 506. The molecule has 102 valence electrons. The Kier molecular flexibility index (Phi) is 5.02. The van der Waals surface area contributed by atoms with Crippen LogP contribution in [0.25, 0.3) is 0 Å². The number of nitrogens with zero attached hydrogens (tertiary/aromatic N) is 1. The van der Waals surface area contributed by atoms with Crippen LogP contribution in [0.15, 0.2) is 18.2 Å². The van der Waals surface area contributed by atoms with E-state index in [9.17, 15) is 9.18 Å². The van der Waals surface area contributed by atoms with Gasteiger partial charge in [0.25, 0.3) is 0 Å². The van der Waals surface area contributed by atoms with Crippen LogP contribution < -0.4 is 10.6 Å². The molecule has 0 aliphatic carbocycles. The zero-order valence-electron chi connectivity index (χ0n) is 11.4. The molecule has 0 spiro atoms. The average Bonchev–Trinajstić information content (AvgIpc) is 2.39. The number of amides is 1. The van der Waals surface area contributed by atoms with Crippen LogP contribution in [-0.4, -0.2) is 19.5 Å². The van der Waals surface area contributed by atoms with E-state index >= 15 is 0 Å². The summed E-state index contributed by atoms with van der Waals surface area (Å²) >= 11 is 0. The lowest BCUT2D eigenvalue weighted by molar-refractivity contribution is -0.128. The smallest absolute Gasteiger partial charge is 0.226 e. The van der Waals surface area contributed by atoms with Crippen LogP contribution >= 0.6 is 0 Å². The summed E-state index contributed by atoms with van der Waals surface area (Å²) in [5, 5.41) is 14.5. The van der Waals surface area contributed by atoms with Gasteiger partial charge in [0.2, 0.25) is 5.91 Å². The monoisotopic (exact) mass is 263 g/mol. The normalized spacial score (nSPS) is 10.9. The highest BCUT2D eigenvalue weighted by molar-refractivity contribution is 5.81. The SMILES string of the molecule is CNC(=O)C(C)(C)CNCc1ccc(F)c(C#N)c1. The fourth-order valence-electron chi connectivity index (χ4n) is 1.71. The maximum absolute atomic E-state index is 13.1. The van der Waals surface area contributed by atoms with Crippen LogP contribution in [0.1, 0.15) is 25.0 Å². The van der Waals surface area contributed by atoms with Crippen molar-refractivity contribution in [1.29, 1.82) is 5.26 Å². The first-order valence-electron chi connectivity index (χ1n) is 6.02. The summed E-state index contributed by atoms with van der Waals surface area (Å²) in [4.78, 5) is 11.6. The first-order chi connectivity index (χ1) is 8.90. The minimum Gasteiger partial charge on any atom is -0.359 e. The second-order valence-corrected chi connectivity index (χ2v) is 4.99. The Morgan fingerprint density at radius 3 is 2.74 bits per heavy atom. The summed E-state index contributed by atoms with van der Waals surface area (Å²) < 4.78 is 13.1. The molecule has 19 heavy (non-hydrogen) atoms. The van der Waals surface area contributed by atoms with Crippen molar-refractivity contribution in [2.75, 3.05) is 13.6 Å². The maximum Gasteiger partial charge on any atom is 0.226 e. The highest BCUT2D eigenvalue weighted by Crippen LogP contribution is 2.14. The molecule has 0 saturated heterocycles. The van der Waals surface area contributed by atoms with Gasteiger partial charge in [0.05, 0.1) is 11.0 Å². The van der Waals surface area contributed by atoms with Gasteiger partial charge in [-0.15, -0.1) is 0 Å². The van der Waals surface area contributed by atoms with Crippen LogP contribution in [-0.2, 0) is 11.3 Å². The number of nitriles is 1. The van der Waals surface area contributed by atoms with Crippen molar-refractivity contribution in [2.24, 2.45) is 5.41 Å². The van der Waals surface area contributed by atoms with Crippen LogP contribution in [0.3, 0.4) is 0 Å². The van der Waals surface area contributed by atoms with Gasteiger partial charge in [-0.25, -0.2) is 4.39 Å². The largest absolute Gasteiger partial charge is 0.359 e. The fraction of sp³-hybridized carbons (Fsp3) is 0.429. The molecule has 5 heteroatoms. The Balaban J connectivity index is 2.59. The van der Waals surface area contributed by atoms with Crippen molar-refractivity contribution in [1.82, 2.24) is 10.6 Å². The van der Waals surface area contributed by atoms with Crippen LogP contribution in [0.5, 0.6) is 0 Å². The van der Waals surface area contributed by atoms with E-state index < -0.39 is 11.2 Å². The lowest BCUT2D eigenvalue weighted by Gasteiger charge is -2.23. The molecule has 0 aliphatic heterocycles. The van der Waals surface area contributed by atoms with E-state index in [0.717, 1.165) is 5.56 Å². The van der Waals surface area contributed by atoms with E-state index in [1.807, 2.05) is 13.8 Å². The average molecular weight is 263 g/mol. The standard InChI is InChI=1S/C14H18FN3O/c1-14(2,13(19)17-3)9-18-8-10-4-5-12(15)11(6-10)7-16/h4-6,18H,8-9H2,1-3H3,(H,17,19). The third-order valence-corrected chi connectivity index (χ3v) is 2.89. The number of benzene rings is 1. The molecule has 0 radical (unpaired) electrons. The molecule has 0 atom stereocenters. The van der Waals surface area contributed by atoms with Crippen molar-refractivity contribution in [3.05, 3.63) is 35.1 Å². The van der Waals surface area contributed by atoms with Gasteiger partial charge in [-0.05, 0) is 31.5 Å². The van der Waals surface area contributed by atoms with Gasteiger partial charge < -0.3 is 10.6 Å². The minimum atomic E-state index is -0.521. The van der Waals surface area contributed by atoms with E-state index in [-0.39, 0.29) is 11.5 Å². The number of rotatable bonds is 5. The van der Waals surface area contributed by atoms with Crippen molar-refractivity contribution >= 4 is 5.91 Å². The van der Waals surface area contributed by atoms with Crippen molar-refractivity contribution in [2.45, 2.75) is 20.4 Å². The van der Waals surface area contributed by atoms with E-state index in [1.54, 1.807) is 19.2 Å². The lowest BCUT2D eigenvalue weighted by atomic mass is 9.92. The number of halogens is 1. The van der Waals surface area contributed by atoms with Gasteiger partial charge in [0.1, 0.15) is 11.9 Å². The van der Waals surface area contributed by atoms with Crippen LogP contribution in [0.2, 0.25) is 0 Å². The Morgan fingerprint density at radius 1 is 1.47 bits per heavy atom. The molecule has 0 saturated carbocycles. The van der Waals surface area contributed by atoms with E-state index in [1.165, 1.54) is 12.1 Å². The van der Waals surface area contributed by atoms with Gasteiger partial charge in [0.15, 0.2) is 0 Å². The molecule has 1 aromatic rings. The Morgan fingerprint density at radius 2 is 2.16 bits per heavy atom. The van der Waals surface area contributed by atoms with Gasteiger partial charge in [-0.2, -0.15) is 5.26 Å². The molecule has 0 bridgehead atoms. The quantitative estimate of drug-likeness (QED) is 0.847. The van der Waals surface area contributed by atoms with Gasteiger partial charge in [-0.3, -0.25) is 4.79 Å². The Labute approximate surface area is 112 Å². The summed E-state index contributed by atoms with van der Waals surface area (Å²) in [7, 11) is 1.60. The third kappa shape index (κ3) is 4.04. The molecule has 0 unspecified atom stereocenters. The second kappa shape index (κ2) is 6.30. The number of hydrogen-bond donors (Lipinski definition) is 2. The second-order valence-electron chi connectivity index (χ2n) is 4.99. The predicted octanol–water partition coefficient (Wildman–Crippen LogP) is 1.56. The zero-order valence-corrected chi connectivity index (χ0v) is 11.4. The molecule has 1 rings (SSSR count). The molecular weight excluding hydrogens is 245 g/mol. The molecule has 1 amide bonds. The minimum absolute atomic E-state index is 0.0323. The first kappa shape index (κ1) is 15.1. The number of carbonyl (C=O) groups is 1. The summed E-state index contributed by atoms with van der Waals surface area (Å²) in [5.41, 5.74) is 0.322. The van der Waals surface area contributed by atoms with Crippen LogP contribution in [0.4, 0.5) is 4.39 Å². The number of hydrogen-bond acceptors (Lipinski definition) is 3. The van der Waals surface area contributed by atoms with Crippen LogP contribution in [0, 0.1) is 22.6 Å². The highest BCUT2D eigenvalue weighted by atomic mass is 19.1.